The summed E-state index contributed by atoms with van der Waals surface area (Å²) in [7, 11) is 0. The molecular weight excluding hydrogens is 518 g/mol. The minimum absolute atomic E-state index is 1.16. The first-order chi connectivity index (χ1) is 21.3. The average Bonchev–Trinajstić information content (AvgIpc) is 3.43. The third kappa shape index (κ3) is 4.62. The highest BCUT2D eigenvalue weighted by Gasteiger charge is 2.14. The average molecular weight is 548 g/mol. The van der Waals surface area contributed by atoms with E-state index in [9.17, 15) is 0 Å². The summed E-state index contributed by atoms with van der Waals surface area (Å²) in [5, 5.41) is 2.53. The van der Waals surface area contributed by atoms with Gasteiger partial charge in [0.05, 0.1) is 11.0 Å². The van der Waals surface area contributed by atoms with Gasteiger partial charge in [-0.2, -0.15) is 0 Å². The van der Waals surface area contributed by atoms with Gasteiger partial charge in [0.25, 0.3) is 0 Å². The molecule has 0 N–H and O–H groups in total. The summed E-state index contributed by atoms with van der Waals surface area (Å²) in [6.45, 7) is 0. The molecule has 8 rings (SSSR count). The minimum atomic E-state index is 1.16. The molecular formula is C42H29N. The molecule has 8 aromatic rings. The molecule has 1 heterocycles. The van der Waals surface area contributed by atoms with Crippen molar-refractivity contribution < 1.29 is 0 Å². The Labute approximate surface area is 251 Å². The van der Waals surface area contributed by atoms with E-state index in [2.05, 4.69) is 180 Å². The Morgan fingerprint density at radius 1 is 0.256 bits per heavy atom. The third-order valence-electron chi connectivity index (χ3n) is 8.41. The number of nitrogens with zero attached hydrogens (tertiary/aromatic N) is 1. The summed E-state index contributed by atoms with van der Waals surface area (Å²) < 4.78 is 2.40. The molecule has 0 aliphatic rings. The summed E-state index contributed by atoms with van der Waals surface area (Å²) in [5.74, 6) is 0. The van der Waals surface area contributed by atoms with Crippen molar-refractivity contribution >= 4 is 21.8 Å². The molecule has 0 radical (unpaired) electrons. The highest BCUT2D eigenvalue weighted by atomic mass is 15.0. The first kappa shape index (κ1) is 25.1. The highest BCUT2D eigenvalue weighted by Crippen LogP contribution is 2.36. The number of aromatic nitrogens is 1. The maximum atomic E-state index is 2.40. The van der Waals surface area contributed by atoms with E-state index in [1.807, 2.05) is 0 Å². The molecule has 0 atom stereocenters. The topological polar surface area (TPSA) is 4.93 Å². The van der Waals surface area contributed by atoms with E-state index in [1.165, 1.54) is 66.3 Å². The highest BCUT2D eigenvalue weighted by molar-refractivity contribution is 6.10. The van der Waals surface area contributed by atoms with E-state index in [0.717, 1.165) is 5.69 Å². The van der Waals surface area contributed by atoms with Crippen molar-refractivity contribution in [1.82, 2.24) is 4.57 Å². The lowest BCUT2D eigenvalue weighted by atomic mass is 9.98. The van der Waals surface area contributed by atoms with Gasteiger partial charge in [-0.1, -0.05) is 140 Å². The van der Waals surface area contributed by atoms with Gasteiger partial charge in [0.15, 0.2) is 0 Å². The van der Waals surface area contributed by atoms with E-state index in [4.69, 9.17) is 0 Å². The van der Waals surface area contributed by atoms with E-state index < -0.39 is 0 Å². The van der Waals surface area contributed by atoms with Crippen LogP contribution in [0.5, 0.6) is 0 Å². The lowest BCUT2D eigenvalue weighted by Gasteiger charge is -2.11. The largest absolute Gasteiger partial charge is 0.309 e. The number of hydrogen-bond acceptors (Lipinski definition) is 0. The van der Waals surface area contributed by atoms with Crippen LogP contribution in [0.4, 0.5) is 0 Å². The second kappa shape index (κ2) is 10.6. The number of fused-ring (bicyclic) bond motifs is 3. The predicted molar refractivity (Wildman–Crippen MR) is 183 cm³/mol. The lowest BCUT2D eigenvalue weighted by Crippen LogP contribution is -1.94. The fourth-order valence-corrected chi connectivity index (χ4v) is 6.25. The fraction of sp³-hybridized carbons (Fsp3) is 0. The van der Waals surface area contributed by atoms with Crippen molar-refractivity contribution in [3.63, 3.8) is 0 Å². The zero-order valence-corrected chi connectivity index (χ0v) is 23.7. The van der Waals surface area contributed by atoms with Crippen LogP contribution >= 0.6 is 0 Å². The monoisotopic (exact) mass is 547 g/mol. The number of para-hydroxylation sites is 1. The van der Waals surface area contributed by atoms with Crippen LogP contribution in [-0.2, 0) is 0 Å². The molecule has 0 saturated heterocycles. The molecule has 7 aromatic carbocycles. The molecule has 202 valence electrons. The second-order valence-corrected chi connectivity index (χ2v) is 11.0. The van der Waals surface area contributed by atoms with Gasteiger partial charge in [0.1, 0.15) is 0 Å². The maximum absolute atomic E-state index is 2.40. The van der Waals surface area contributed by atoms with Crippen LogP contribution in [-0.4, -0.2) is 4.57 Å². The lowest BCUT2D eigenvalue weighted by molar-refractivity contribution is 1.18. The molecule has 0 amide bonds. The van der Waals surface area contributed by atoms with Gasteiger partial charge in [0, 0.05) is 16.5 Å². The van der Waals surface area contributed by atoms with Crippen LogP contribution in [0, 0.1) is 0 Å². The Morgan fingerprint density at radius 2 is 0.674 bits per heavy atom. The van der Waals surface area contributed by atoms with Crippen molar-refractivity contribution in [2.24, 2.45) is 0 Å². The van der Waals surface area contributed by atoms with Gasteiger partial charge < -0.3 is 4.57 Å². The molecule has 0 bridgehead atoms. The summed E-state index contributed by atoms with van der Waals surface area (Å²) in [6, 6.07) is 63.4. The second-order valence-electron chi connectivity index (χ2n) is 11.0. The maximum Gasteiger partial charge on any atom is 0.0547 e. The van der Waals surface area contributed by atoms with Gasteiger partial charge >= 0.3 is 0 Å². The normalized spacial score (nSPS) is 11.3. The fourth-order valence-electron chi connectivity index (χ4n) is 6.25. The van der Waals surface area contributed by atoms with Crippen LogP contribution < -0.4 is 0 Å². The van der Waals surface area contributed by atoms with Gasteiger partial charge in [-0.3, -0.25) is 0 Å². The molecule has 1 heteroatoms. The van der Waals surface area contributed by atoms with Gasteiger partial charge in [-0.15, -0.1) is 0 Å². The Hall–Kier alpha value is -5.66. The van der Waals surface area contributed by atoms with Gasteiger partial charge in [-0.25, -0.2) is 0 Å². The van der Waals surface area contributed by atoms with Crippen LogP contribution in [0.25, 0.3) is 72.0 Å². The van der Waals surface area contributed by atoms with Crippen molar-refractivity contribution in [1.29, 1.82) is 0 Å². The van der Waals surface area contributed by atoms with Crippen molar-refractivity contribution in [2.45, 2.75) is 0 Å². The predicted octanol–water partition coefficient (Wildman–Crippen LogP) is 11.5. The Kier molecular flexibility index (Phi) is 6.20. The smallest absolute Gasteiger partial charge is 0.0547 e. The zero-order chi connectivity index (χ0) is 28.6. The molecule has 0 spiro atoms. The number of hydrogen-bond donors (Lipinski definition) is 0. The van der Waals surface area contributed by atoms with Crippen LogP contribution in [0.1, 0.15) is 0 Å². The molecule has 0 aliphatic carbocycles. The van der Waals surface area contributed by atoms with Gasteiger partial charge in [0.2, 0.25) is 0 Å². The number of rotatable bonds is 5. The van der Waals surface area contributed by atoms with E-state index >= 15 is 0 Å². The zero-order valence-electron chi connectivity index (χ0n) is 23.7. The molecule has 0 saturated carbocycles. The first-order valence-electron chi connectivity index (χ1n) is 14.8. The Balaban J connectivity index is 1.22. The van der Waals surface area contributed by atoms with Crippen LogP contribution in [0.2, 0.25) is 0 Å². The molecule has 0 fully saturated rings. The summed E-state index contributed by atoms with van der Waals surface area (Å²) >= 11 is 0. The SMILES string of the molecule is c1ccc(-c2cccc(-c3ccc(-n4c5ccccc5c5ccc(-c6cccc(-c7ccccc7)c6)cc54)cc3)c2)cc1. The molecule has 1 nitrogen and oxygen atoms in total. The van der Waals surface area contributed by atoms with E-state index in [-0.39, 0.29) is 0 Å². The standard InChI is InChI=1S/C42H29N/c1-3-11-30(12-4-1)33-15-9-17-35(27-33)32-21-24-38(25-22-32)43-41-20-8-7-19-39(41)40-26-23-37(29-42(40)43)36-18-10-16-34(28-36)31-13-5-2-6-14-31/h1-29H. The van der Waals surface area contributed by atoms with Crippen molar-refractivity contribution in [3.05, 3.63) is 176 Å². The van der Waals surface area contributed by atoms with Crippen molar-refractivity contribution in [3.8, 4) is 50.2 Å². The molecule has 1 aromatic heterocycles. The van der Waals surface area contributed by atoms with Crippen molar-refractivity contribution in [2.75, 3.05) is 0 Å². The minimum Gasteiger partial charge on any atom is -0.309 e. The molecule has 0 unspecified atom stereocenters. The number of benzene rings is 7. The van der Waals surface area contributed by atoms with Gasteiger partial charge in [-0.05, 0) is 80.9 Å². The van der Waals surface area contributed by atoms with Crippen LogP contribution in [0.15, 0.2) is 176 Å². The van der Waals surface area contributed by atoms with E-state index in [1.54, 1.807) is 0 Å². The quantitative estimate of drug-likeness (QED) is 0.202. The van der Waals surface area contributed by atoms with Crippen LogP contribution in [0.3, 0.4) is 0 Å². The molecule has 43 heavy (non-hydrogen) atoms. The Bertz CT molecular complexity index is 2200. The summed E-state index contributed by atoms with van der Waals surface area (Å²) in [6.07, 6.45) is 0. The summed E-state index contributed by atoms with van der Waals surface area (Å²) in [5.41, 5.74) is 13.4. The van der Waals surface area contributed by atoms with E-state index in [0.29, 0.717) is 0 Å². The third-order valence-corrected chi connectivity index (χ3v) is 8.41. The Morgan fingerprint density at radius 3 is 1.28 bits per heavy atom. The summed E-state index contributed by atoms with van der Waals surface area (Å²) in [4.78, 5) is 0. The first-order valence-corrected chi connectivity index (χ1v) is 14.8. The molecule has 0 aliphatic heterocycles.